The van der Waals surface area contributed by atoms with E-state index in [0.29, 0.717) is 6.54 Å². The molecule has 0 saturated carbocycles. The molecule has 88 valence electrons. The maximum absolute atomic E-state index is 13.2. The van der Waals surface area contributed by atoms with E-state index in [-0.39, 0.29) is 18.0 Å². The van der Waals surface area contributed by atoms with Crippen molar-refractivity contribution < 1.29 is 9.50 Å². The number of aryl methyl sites for hydroxylation is 1. The molecule has 2 rings (SSSR count). The topological polar surface area (TPSA) is 32.3 Å². The van der Waals surface area contributed by atoms with Gasteiger partial charge in [0.25, 0.3) is 0 Å². The molecule has 2 atom stereocenters. The van der Waals surface area contributed by atoms with Crippen LogP contribution in [0.2, 0.25) is 0 Å². The average Bonchev–Trinajstić information content (AvgIpc) is 2.26. The van der Waals surface area contributed by atoms with E-state index in [1.165, 1.54) is 11.6 Å². The van der Waals surface area contributed by atoms with E-state index in [1.54, 1.807) is 13.0 Å². The fourth-order valence-electron chi connectivity index (χ4n) is 2.29. The molecule has 1 aromatic rings. The molecular weight excluding hydrogens is 205 g/mol. The van der Waals surface area contributed by atoms with Crippen LogP contribution < -0.4 is 5.32 Å². The van der Waals surface area contributed by atoms with Gasteiger partial charge in [-0.2, -0.15) is 0 Å². The number of aliphatic hydroxyl groups excluding tert-OH is 1. The maximum atomic E-state index is 13.2. The number of hydrogen-bond donors (Lipinski definition) is 2. The van der Waals surface area contributed by atoms with Crippen LogP contribution in [0, 0.1) is 5.82 Å². The van der Waals surface area contributed by atoms with Gasteiger partial charge in [0.1, 0.15) is 5.82 Å². The summed E-state index contributed by atoms with van der Waals surface area (Å²) in [6.45, 7) is 2.31. The smallest absolute Gasteiger partial charge is 0.123 e. The summed E-state index contributed by atoms with van der Waals surface area (Å²) in [6.07, 6.45) is 2.81. The van der Waals surface area contributed by atoms with Crippen LogP contribution in [0.3, 0.4) is 0 Å². The molecule has 16 heavy (non-hydrogen) atoms. The van der Waals surface area contributed by atoms with Crippen molar-refractivity contribution in [1.29, 1.82) is 0 Å². The van der Waals surface area contributed by atoms with Gasteiger partial charge in [-0.25, -0.2) is 4.39 Å². The molecule has 0 bridgehead atoms. The average molecular weight is 223 g/mol. The Morgan fingerprint density at radius 2 is 2.38 bits per heavy atom. The number of benzene rings is 1. The Hall–Kier alpha value is -0.930. The molecule has 1 aliphatic rings. The maximum Gasteiger partial charge on any atom is 0.123 e. The van der Waals surface area contributed by atoms with Crippen LogP contribution in [0.25, 0.3) is 0 Å². The Balaban J connectivity index is 2.15. The Morgan fingerprint density at radius 3 is 3.12 bits per heavy atom. The lowest BCUT2D eigenvalue weighted by Crippen LogP contribution is -2.31. The zero-order valence-electron chi connectivity index (χ0n) is 9.54. The lowest BCUT2D eigenvalue weighted by atomic mass is 9.87. The van der Waals surface area contributed by atoms with Crippen molar-refractivity contribution in [2.45, 2.75) is 38.3 Å². The van der Waals surface area contributed by atoms with Gasteiger partial charge in [0.2, 0.25) is 0 Å². The summed E-state index contributed by atoms with van der Waals surface area (Å²) in [5.74, 6) is -0.176. The van der Waals surface area contributed by atoms with Crippen molar-refractivity contribution in [2.24, 2.45) is 0 Å². The molecule has 2 N–H and O–H groups in total. The fourth-order valence-corrected chi connectivity index (χ4v) is 2.29. The minimum atomic E-state index is -0.362. The second kappa shape index (κ2) is 4.93. The molecule has 0 spiro atoms. The third-order valence-electron chi connectivity index (χ3n) is 3.08. The summed E-state index contributed by atoms with van der Waals surface area (Å²) >= 11 is 0. The summed E-state index contributed by atoms with van der Waals surface area (Å²) in [6, 6.07) is 5.21. The molecule has 1 aromatic carbocycles. The highest BCUT2D eigenvalue weighted by molar-refractivity contribution is 5.32. The van der Waals surface area contributed by atoms with Gasteiger partial charge in [0, 0.05) is 12.6 Å². The van der Waals surface area contributed by atoms with Gasteiger partial charge in [-0.1, -0.05) is 6.07 Å². The standard InChI is InChI=1S/C13H18FNO/c1-9(16)8-15-13-4-2-3-10-5-6-11(14)7-12(10)13/h5-7,9,13,15-16H,2-4,8H2,1H3/t9-,13?/m0/s1. The van der Waals surface area contributed by atoms with E-state index in [0.717, 1.165) is 24.8 Å². The van der Waals surface area contributed by atoms with Crippen LogP contribution in [-0.4, -0.2) is 17.8 Å². The summed E-state index contributed by atoms with van der Waals surface area (Å²) in [4.78, 5) is 0. The Morgan fingerprint density at radius 1 is 1.56 bits per heavy atom. The number of halogens is 1. The van der Waals surface area contributed by atoms with E-state index >= 15 is 0 Å². The number of nitrogens with one attached hydrogen (secondary N) is 1. The van der Waals surface area contributed by atoms with Crippen molar-refractivity contribution in [3.8, 4) is 0 Å². The van der Waals surface area contributed by atoms with Gasteiger partial charge in [-0.05, 0) is 49.4 Å². The molecule has 1 aliphatic carbocycles. The zero-order chi connectivity index (χ0) is 11.5. The first-order chi connectivity index (χ1) is 7.66. The van der Waals surface area contributed by atoms with Crippen molar-refractivity contribution in [3.05, 3.63) is 35.1 Å². The van der Waals surface area contributed by atoms with Gasteiger partial charge in [-0.3, -0.25) is 0 Å². The summed E-state index contributed by atoms with van der Waals surface area (Å²) in [5, 5.41) is 12.5. The summed E-state index contributed by atoms with van der Waals surface area (Å²) < 4.78 is 13.2. The highest BCUT2D eigenvalue weighted by Gasteiger charge is 2.20. The van der Waals surface area contributed by atoms with Gasteiger partial charge >= 0.3 is 0 Å². The molecule has 0 amide bonds. The molecule has 2 nitrogen and oxygen atoms in total. The molecule has 0 radical (unpaired) electrons. The first-order valence-electron chi connectivity index (χ1n) is 5.86. The second-order valence-corrected chi connectivity index (χ2v) is 4.55. The fraction of sp³-hybridized carbons (Fsp3) is 0.538. The minimum Gasteiger partial charge on any atom is -0.392 e. The first-order valence-corrected chi connectivity index (χ1v) is 5.86. The lowest BCUT2D eigenvalue weighted by Gasteiger charge is -2.27. The van der Waals surface area contributed by atoms with Crippen LogP contribution in [-0.2, 0) is 6.42 Å². The molecule has 0 aromatic heterocycles. The van der Waals surface area contributed by atoms with E-state index in [9.17, 15) is 9.50 Å². The number of hydrogen-bond acceptors (Lipinski definition) is 2. The SMILES string of the molecule is C[C@H](O)CNC1CCCc2ccc(F)cc21. The molecule has 0 saturated heterocycles. The number of aliphatic hydroxyl groups is 1. The second-order valence-electron chi connectivity index (χ2n) is 4.55. The van der Waals surface area contributed by atoms with Gasteiger partial charge in [-0.15, -0.1) is 0 Å². The Kier molecular flexibility index (Phi) is 3.56. The highest BCUT2D eigenvalue weighted by Crippen LogP contribution is 2.30. The molecule has 3 heteroatoms. The monoisotopic (exact) mass is 223 g/mol. The molecular formula is C13H18FNO. The molecule has 1 unspecified atom stereocenters. The van der Waals surface area contributed by atoms with Crippen LogP contribution in [0.5, 0.6) is 0 Å². The van der Waals surface area contributed by atoms with Gasteiger partial charge in [0.05, 0.1) is 6.10 Å². The van der Waals surface area contributed by atoms with Crippen LogP contribution in [0.15, 0.2) is 18.2 Å². The quantitative estimate of drug-likeness (QED) is 0.823. The third kappa shape index (κ3) is 2.60. The van der Waals surface area contributed by atoms with Crippen molar-refractivity contribution in [2.75, 3.05) is 6.54 Å². The number of rotatable bonds is 3. The minimum absolute atomic E-state index is 0.176. The van der Waals surface area contributed by atoms with Crippen LogP contribution in [0.4, 0.5) is 4.39 Å². The summed E-state index contributed by atoms with van der Waals surface area (Å²) in [7, 11) is 0. The molecule has 0 aliphatic heterocycles. The predicted molar refractivity (Wildman–Crippen MR) is 61.8 cm³/mol. The van der Waals surface area contributed by atoms with E-state index in [1.807, 2.05) is 6.07 Å². The molecule has 0 heterocycles. The highest BCUT2D eigenvalue weighted by atomic mass is 19.1. The van der Waals surface area contributed by atoms with E-state index in [4.69, 9.17) is 0 Å². The largest absolute Gasteiger partial charge is 0.392 e. The number of fused-ring (bicyclic) bond motifs is 1. The first kappa shape index (κ1) is 11.6. The predicted octanol–water partition coefficient (Wildman–Crippen LogP) is 2.17. The third-order valence-corrected chi connectivity index (χ3v) is 3.08. The zero-order valence-corrected chi connectivity index (χ0v) is 9.54. The van der Waals surface area contributed by atoms with Crippen molar-refractivity contribution in [3.63, 3.8) is 0 Å². The van der Waals surface area contributed by atoms with Gasteiger partial charge in [0.15, 0.2) is 0 Å². The Labute approximate surface area is 95.5 Å². The van der Waals surface area contributed by atoms with E-state index < -0.39 is 0 Å². The van der Waals surface area contributed by atoms with Gasteiger partial charge < -0.3 is 10.4 Å². The molecule has 0 fully saturated rings. The van der Waals surface area contributed by atoms with E-state index in [2.05, 4.69) is 5.32 Å². The van der Waals surface area contributed by atoms with Crippen molar-refractivity contribution in [1.82, 2.24) is 5.32 Å². The van der Waals surface area contributed by atoms with Crippen LogP contribution >= 0.6 is 0 Å². The van der Waals surface area contributed by atoms with Crippen LogP contribution in [0.1, 0.15) is 36.9 Å². The Bertz CT molecular complexity index is 365. The normalized spacial score (nSPS) is 21.6. The van der Waals surface area contributed by atoms with Crippen molar-refractivity contribution >= 4 is 0 Å². The lowest BCUT2D eigenvalue weighted by molar-refractivity contribution is 0.184. The summed E-state index contributed by atoms with van der Waals surface area (Å²) in [5.41, 5.74) is 2.29.